The highest BCUT2D eigenvalue weighted by molar-refractivity contribution is 6.05. The lowest BCUT2D eigenvalue weighted by molar-refractivity contribution is -0.148. The van der Waals surface area contributed by atoms with Crippen LogP contribution in [0.3, 0.4) is 0 Å². The second-order valence-electron chi connectivity index (χ2n) is 29.3. The van der Waals surface area contributed by atoms with Crippen LogP contribution in [0, 0.1) is 0 Å². The fourth-order valence-corrected chi connectivity index (χ4v) is 14.2. The van der Waals surface area contributed by atoms with Gasteiger partial charge in [-0.1, -0.05) is 134 Å². The number of carbonyl (C=O) groups excluding carboxylic acids is 4. The quantitative estimate of drug-likeness (QED) is 0.0295. The van der Waals surface area contributed by atoms with Gasteiger partial charge in [0.25, 0.3) is 0 Å². The summed E-state index contributed by atoms with van der Waals surface area (Å²) in [5.74, 6) is -5.79. The van der Waals surface area contributed by atoms with E-state index in [1.807, 2.05) is 116 Å². The third-order valence-corrected chi connectivity index (χ3v) is 20.5. The third-order valence-electron chi connectivity index (χ3n) is 20.5. The van der Waals surface area contributed by atoms with E-state index in [9.17, 15) is 60.0 Å². The van der Waals surface area contributed by atoms with Crippen LogP contribution in [0.1, 0.15) is 132 Å². The number of ether oxygens (including phenoxy) is 12. The van der Waals surface area contributed by atoms with Gasteiger partial charge in [0.1, 0.15) is 141 Å². The SMILES string of the molecule is CCCOc1cc(O)c2c(c1)OC(O)(c1ccc(OCc3ccccc3)cc1)CC2=O.CCOc1cc(O)c2c(c1)OC(O)(c1ccc(OCc3ccccc3)cc1)CC2=O.COc1cc(O)c2c(c1)OC(O)(c1ccc(OCc3ccc4ccccc4c3)cc1)CC2=O.COc1cc(O)c2c(c1)OC(O)(c1ccc(OCc3ccccc3)cc1)CC2=O. The van der Waals surface area contributed by atoms with Gasteiger partial charge in [-0.25, -0.2) is 0 Å². The molecule has 0 aromatic heterocycles. The Morgan fingerprint density at radius 2 is 0.561 bits per heavy atom. The fourth-order valence-electron chi connectivity index (χ4n) is 14.2. The van der Waals surface area contributed by atoms with Gasteiger partial charge in [0, 0.05) is 70.8 Å². The van der Waals surface area contributed by atoms with Gasteiger partial charge in [0.2, 0.25) is 23.1 Å². The van der Waals surface area contributed by atoms with Crippen LogP contribution in [-0.4, -0.2) is 91.4 Å². The normalized spacial score (nSPS) is 17.6. The van der Waals surface area contributed by atoms with E-state index < -0.39 is 46.3 Å². The Balaban J connectivity index is 0.000000134. The van der Waals surface area contributed by atoms with Crippen molar-refractivity contribution in [3.63, 3.8) is 0 Å². The molecule has 4 heterocycles. The predicted octanol–water partition coefficient (Wildman–Crippen LogP) is 17.5. The number of hydrogen-bond donors (Lipinski definition) is 8. The molecule has 0 amide bonds. The zero-order valence-electron chi connectivity index (χ0n) is 67.4. The third kappa shape index (κ3) is 20.0. The number of benzene rings is 13. The zero-order valence-corrected chi connectivity index (χ0v) is 67.4. The van der Waals surface area contributed by atoms with Crippen molar-refractivity contribution in [2.24, 2.45) is 0 Å². The van der Waals surface area contributed by atoms with E-state index in [-0.39, 0.29) is 93.9 Å². The lowest BCUT2D eigenvalue weighted by Crippen LogP contribution is -2.39. The minimum Gasteiger partial charge on any atom is -0.507 e. The number of phenols is 4. The molecule has 17 rings (SSSR count). The van der Waals surface area contributed by atoms with Gasteiger partial charge < -0.3 is 97.7 Å². The van der Waals surface area contributed by atoms with Crippen LogP contribution in [0.4, 0.5) is 0 Å². The zero-order chi connectivity index (χ0) is 86.4. The maximum absolute atomic E-state index is 12.7. The van der Waals surface area contributed by atoms with Crippen molar-refractivity contribution in [2.45, 2.75) is 95.5 Å². The summed E-state index contributed by atoms with van der Waals surface area (Å²) in [6.45, 7) is 6.28. The van der Waals surface area contributed by atoms with Gasteiger partial charge in [-0.3, -0.25) is 19.2 Å². The number of fused-ring (bicyclic) bond motifs is 5. The van der Waals surface area contributed by atoms with Crippen LogP contribution in [0.5, 0.6) is 92.0 Å². The van der Waals surface area contributed by atoms with Gasteiger partial charge in [-0.15, -0.1) is 0 Å². The van der Waals surface area contributed by atoms with Crippen molar-refractivity contribution in [3.05, 3.63) is 346 Å². The highest BCUT2D eigenvalue weighted by Crippen LogP contribution is 2.49. The van der Waals surface area contributed by atoms with Gasteiger partial charge in [0.05, 0.1) is 53.1 Å². The highest BCUT2D eigenvalue weighted by atomic mass is 16.6. The van der Waals surface area contributed by atoms with E-state index in [4.69, 9.17) is 56.8 Å². The summed E-state index contributed by atoms with van der Waals surface area (Å²) in [5.41, 5.74) is 5.99. The molecule has 24 nitrogen and oxygen atoms in total. The number of methoxy groups -OCH3 is 2. The smallest absolute Gasteiger partial charge is 0.242 e. The van der Waals surface area contributed by atoms with Crippen molar-refractivity contribution in [3.8, 4) is 92.0 Å². The van der Waals surface area contributed by atoms with Crippen molar-refractivity contribution in [1.82, 2.24) is 0 Å². The van der Waals surface area contributed by atoms with Crippen LogP contribution in [0.2, 0.25) is 0 Å². The molecule has 0 bridgehead atoms. The van der Waals surface area contributed by atoms with Crippen LogP contribution < -0.4 is 56.8 Å². The molecule has 628 valence electrons. The first kappa shape index (κ1) is 84.9. The summed E-state index contributed by atoms with van der Waals surface area (Å²) in [5, 5.41) is 87.3. The topological polar surface area (TPSA) is 341 Å². The average molecular weight is 1660 g/mol. The van der Waals surface area contributed by atoms with Gasteiger partial charge >= 0.3 is 0 Å². The van der Waals surface area contributed by atoms with E-state index in [2.05, 4.69) is 24.3 Å². The summed E-state index contributed by atoms with van der Waals surface area (Å²) < 4.78 is 67.4. The molecule has 0 fully saturated rings. The number of ketones is 4. The molecular weight excluding hydrogens is 1570 g/mol. The molecule has 0 spiro atoms. The fraction of sp³-hybridized carbons (Fsp3) is 0.192. The Morgan fingerprint density at radius 1 is 0.285 bits per heavy atom. The Hall–Kier alpha value is -14.6. The lowest BCUT2D eigenvalue weighted by atomic mass is 9.92. The number of aromatic hydroxyl groups is 4. The first-order chi connectivity index (χ1) is 59.4. The Labute approximate surface area is 707 Å². The van der Waals surface area contributed by atoms with E-state index in [1.54, 1.807) is 104 Å². The summed E-state index contributed by atoms with van der Waals surface area (Å²) in [7, 11) is 2.88. The standard InChI is InChI=1S/C27H22O6.C25H24O6.C24H22O6.C23H20O6/c1-31-22-13-23(28)26-24(29)15-27(30,33-25(26)14-22)20-8-10-21(11-9-20)32-16-17-6-7-18-4-2-3-5-19(18)12-17;1-2-12-29-20-13-21(26)24-22(27)15-25(28,31-23(24)14-20)18-8-10-19(11-9-18)30-16-17-6-4-3-5-7-17;1-2-28-19-12-20(25)23-21(26)14-24(27,30-22(23)13-19)17-8-10-18(11-9-17)29-15-16-6-4-3-5-7-16;1-27-18-11-19(24)22-20(25)13-23(26,29-21(22)12-18)16-7-9-17(10-8-16)28-14-15-5-3-2-4-6-15/h2-14,28,30H,15-16H2,1H3;3-11,13-14,26,28H,2,12,15-16H2,1H3;3-13,25,27H,2,14-15H2,1H3;2-12,24,26H,13-14H2,1H3. The van der Waals surface area contributed by atoms with E-state index in [0.717, 1.165) is 34.1 Å². The van der Waals surface area contributed by atoms with Crippen LogP contribution in [0.25, 0.3) is 10.8 Å². The van der Waals surface area contributed by atoms with E-state index in [1.165, 1.54) is 68.1 Å². The van der Waals surface area contributed by atoms with E-state index in [0.29, 0.717) is 108 Å². The van der Waals surface area contributed by atoms with Crippen LogP contribution >= 0.6 is 0 Å². The van der Waals surface area contributed by atoms with Crippen LogP contribution in [0.15, 0.2) is 279 Å². The Kier molecular flexibility index (Phi) is 25.8. The first-order valence-corrected chi connectivity index (χ1v) is 39.5. The molecule has 24 heteroatoms. The molecule has 0 radical (unpaired) electrons. The van der Waals surface area contributed by atoms with Crippen molar-refractivity contribution >= 4 is 33.9 Å². The molecule has 4 atom stereocenters. The lowest BCUT2D eigenvalue weighted by Gasteiger charge is -2.34. The first-order valence-electron chi connectivity index (χ1n) is 39.5. The van der Waals surface area contributed by atoms with E-state index >= 15 is 0 Å². The average Bonchev–Trinajstić information content (AvgIpc) is 0.769. The van der Waals surface area contributed by atoms with Gasteiger partial charge in [0.15, 0.2) is 23.1 Å². The molecule has 0 aliphatic carbocycles. The monoisotopic (exact) mass is 1660 g/mol. The van der Waals surface area contributed by atoms with Gasteiger partial charge in [-0.2, -0.15) is 0 Å². The highest BCUT2D eigenvalue weighted by Gasteiger charge is 2.46. The van der Waals surface area contributed by atoms with Crippen molar-refractivity contribution in [1.29, 1.82) is 0 Å². The second-order valence-corrected chi connectivity index (χ2v) is 29.3. The molecule has 0 saturated carbocycles. The molecule has 13 aromatic carbocycles. The van der Waals surface area contributed by atoms with Crippen molar-refractivity contribution in [2.75, 3.05) is 27.4 Å². The van der Waals surface area contributed by atoms with Crippen molar-refractivity contribution < 1.29 is 117 Å². The summed E-state index contributed by atoms with van der Waals surface area (Å²) in [6.07, 6.45) is -0.472. The Morgan fingerprint density at radius 3 is 0.862 bits per heavy atom. The molecule has 4 unspecified atom stereocenters. The number of hydrogen-bond acceptors (Lipinski definition) is 24. The number of carbonyl (C=O) groups is 4. The van der Waals surface area contributed by atoms with Crippen LogP contribution in [-0.2, 0) is 49.6 Å². The number of Topliss-reactive ketones (excluding diaryl/α,β-unsaturated/α-hetero) is 4. The molecule has 0 saturated heterocycles. The van der Waals surface area contributed by atoms with Gasteiger partial charge in [-0.05, 0) is 149 Å². The molecule has 4 aliphatic rings. The molecular formula is C99H88O24. The summed E-state index contributed by atoms with van der Waals surface area (Å²) in [6, 6.07) is 82.1. The molecule has 8 N–H and O–H groups in total. The predicted molar refractivity (Wildman–Crippen MR) is 453 cm³/mol. The molecule has 4 aliphatic heterocycles. The number of rotatable bonds is 23. The summed E-state index contributed by atoms with van der Waals surface area (Å²) in [4.78, 5) is 50.5. The number of phenolic OH excluding ortho intramolecular Hbond substituents is 4. The molecule has 13 aromatic rings. The Bertz CT molecular complexity index is 5930. The molecule has 123 heavy (non-hydrogen) atoms. The number of aliphatic hydroxyl groups is 4. The second kappa shape index (κ2) is 37.4. The minimum atomic E-state index is -1.86. The minimum absolute atomic E-state index is 0.0378. The summed E-state index contributed by atoms with van der Waals surface area (Å²) >= 11 is 0. The largest absolute Gasteiger partial charge is 0.507 e. The maximum atomic E-state index is 12.7. The maximum Gasteiger partial charge on any atom is 0.242 e.